The van der Waals surface area contributed by atoms with Gasteiger partial charge in [-0.05, 0) is 12.8 Å². The second kappa shape index (κ2) is 6.42. The minimum absolute atomic E-state index is 0. The smallest absolute Gasteiger partial charge is 0 e. The summed E-state index contributed by atoms with van der Waals surface area (Å²) in [6.07, 6.45) is 13.5. The maximum atomic E-state index is 2.35. The van der Waals surface area contributed by atoms with Crippen LogP contribution in [0.4, 0.5) is 0 Å². The summed E-state index contributed by atoms with van der Waals surface area (Å²) in [4.78, 5) is 0. The van der Waals surface area contributed by atoms with Crippen LogP contribution in [-0.2, 0) is 21.7 Å². The Morgan fingerprint density at radius 3 is 1.60 bits per heavy atom. The molecule has 0 amide bonds. The van der Waals surface area contributed by atoms with Gasteiger partial charge in [0.2, 0.25) is 0 Å². The Hall–Kier alpha value is -0.166. The average molecular weight is 256 g/mol. The van der Waals surface area contributed by atoms with E-state index in [2.05, 4.69) is 44.6 Å². The zero-order valence-electron chi connectivity index (χ0n) is 9.21. The first-order chi connectivity index (χ1) is 6.27. The third kappa shape index (κ3) is 3.41. The first-order valence-electron chi connectivity index (χ1n) is 4.84. The second-order valence-electron chi connectivity index (χ2n) is 3.77. The topological polar surface area (TPSA) is 0 Å². The van der Waals surface area contributed by atoms with Crippen LogP contribution in [0.1, 0.15) is 26.7 Å². The predicted molar refractivity (Wildman–Crippen MR) is 64.5 cm³/mol. The van der Waals surface area contributed by atoms with Crippen LogP contribution < -0.4 is 0 Å². The number of rotatable bonds is 2. The van der Waals surface area contributed by atoms with Gasteiger partial charge in [0.15, 0.2) is 0 Å². The minimum atomic E-state index is 0. The van der Waals surface area contributed by atoms with Crippen LogP contribution in [0.5, 0.6) is 0 Å². The van der Waals surface area contributed by atoms with Crippen molar-refractivity contribution in [3.8, 4) is 0 Å². The molecule has 0 N–H and O–H groups in total. The van der Waals surface area contributed by atoms with Gasteiger partial charge < -0.3 is 0 Å². The maximum absolute atomic E-state index is 2.35. The van der Waals surface area contributed by atoms with Gasteiger partial charge in [0.1, 0.15) is 0 Å². The Morgan fingerprint density at radius 2 is 1.33 bits per heavy atom. The van der Waals surface area contributed by atoms with Gasteiger partial charge in [-0.1, -0.05) is 26.0 Å². The van der Waals surface area contributed by atoms with Gasteiger partial charge >= 0.3 is 0 Å². The van der Waals surface area contributed by atoms with E-state index in [4.69, 9.17) is 0 Å². The Labute approximate surface area is 114 Å². The molecule has 0 radical (unpaired) electrons. The van der Waals surface area contributed by atoms with Crippen LogP contribution in [0, 0.1) is 6.42 Å². The van der Waals surface area contributed by atoms with Crippen LogP contribution in [-0.4, -0.2) is 0 Å². The van der Waals surface area contributed by atoms with Crippen LogP contribution in [0.15, 0.2) is 46.6 Å². The number of hydrogen-bond donors (Lipinski definition) is 0. The summed E-state index contributed by atoms with van der Waals surface area (Å²) < 4.78 is 0. The van der Waals surface area contributed by atoms with Gasteiger partial charge in [-0.25, -0.2) is 0 Å². The summed E-state index contributed by atoms with van der Waals surface area (Å²) in [5, 5.41) is 0. The fraction of sp³-hybridized carbons (Fsp3) is 0.308. The maximum Gasteiger partial charge on any atom is 0 e. The largest absolute Gasteiger partial charge is 0.163 e. The molecule has 0 spiro atoms. The zero-order chi connectivity index (χ0) is 9.26. The molecule has 0 unspecified atom stereocenters. The molecular formula is C13H16ClTi-. The average Bonchev–Trinajstić information content (AvgIpc) is 2.65. The summed E-state index contributed by atoms with van der Waals surface area (Å²) >= 11 is 0. The molecule has 2 heteroatoms. The molecule has 2 aliphatic rings. The summed E-state index contributed by atoms with van der Waals surface area (Å²) in [7, 11) is 0. The van der Waals surface area contributed by atoms with E-state index >= 15 is 0 Å². The Morgan fingerprint density at radius 1 is 0.933 bits per heavy atom. The van der Waals surface area contributed by atoms with Gasteiger partial charge in [0, 0.05) is 21.7 Å². The first-order valence-corrected chi connectivity index (χ1v) is 4.84. The monoisotopic (exact) mass is 255 g/mol. The Bertz CT molecular complexity index is 312. The van der Waals surface area contributed by atoms with Crippen molar-refractivity contribution in [2.24, 2.45) is 0 Å². The van der Waals surface area contributed by atoms with Crippen molar-refractivity contribution in [2.75, 3.05) is 0 Å². The summed E-state index contributed by atoms with van der Waals surface area (Å²) in [6.45, 7) is 4.38. The van der Waals surface area contributed by atoms with Crippen molar-refractivity contribution < 1.29 is 21.7 Å². The van der Waals surface area contributed by atoms with Crippen LogP contribution >= 0.6 is 12.4 Å². The molecule has 80 valence electrons. The van der Waals surface area contributed by atoms with Crippen LogP contribution in [0.25, 0.3) is 0 Å². The molecule has 15 heavy (non-hydrogen) atoms. The minimum Gasteiger partial charge on any atom is -0.163 e. The molecule has 0 aliphatic heterocycles. The van der Waals surface area contributed by atoms with Gasteiger partial charge in [-0.3, -0.25) is 0 Å². The molecule has 0 aromatic carbocycles. The van der Waals surface area contributed by atoms with Gasteiger partial charge in [-0.15, -0.1) is 46.9 Å². The molecule has 0 atom stereocenters. The zero-order valence-corrected chi connectivity index (χ0v) is 11.6. The van der Waals surface area contributed by atoms with Crippen molar-refractivity contribution in [3.63, 3.8) is 0 Å². The van der Waals surface area contributed by atoms with E-state index in [-0.39, 0.29) is 34.1 Å². The van der Waals surface area contributed by atoms with E-state index in [1.54, 1.807) is 0 Å². The quantitative estimate of drug-likeness (QED) is 0.513. The number of halogens is 1. The normalized spacial score (nSPS) is 18.0. The fourth-order valence-electron chi connectivity index (χ4n) is 1.82. The van der Waals surface area contributed by atoms with Crippen molar-refractivity contribution in [1.82, 2.24) is 0 Å². The molecule has 0 heterocycles. The molecule has 0 saturated heterocycles. The molecule has 0 nitrogen and oxygen atoms in total. The molecular weight excluding hydrogens is 239 g/mol. The molecule has 2 rings (SSSR count). The first kappa shape index (κ1) is 14.8. The van der Waals surface area contributed by atoms with Gasteiger partial charge in [0.25, 0.3) is 0 Å². The second-order valence-corrected chi connectivity index (χ2v) is 3.77. The molecule has 0 saturated carbocycles. The van der Waals surface area contributed by atoms with Crippen molar-refractivity contribution in [2.45, 2.75) is 26.7 Å². The molecule has 0 bridgehead atoms. The van der Waals surface area contributed by atoms with Gasteiger partial charge in [-0.2, -0.15) is 6.42 Å². The molecule has 0 aromatic rings. The summed E-state index contributed by atoms with van der Waals surface area (Å²) in [5.41, 5.74) is 5.82. The Kier molecular flexibility index (Phi) is 6.35. The van der Waals surface area contributed by atoms with Gasteiger partial charge in [0.05, 0.1) is 0 Å². The van der Waals surface area contributed by atoms with Crippen molar-refractivity contribution in [3.05, 3.63) is 53.0 Å². The number of allylic oxidation sites excluding steroid dienone is 8. The Balaban J connectivity index is 0.000000980. The standard InChI is InChI=1S/C13H15.ClH.Ti/c1-10-5-3-7-12(10)9-13-8-4-6-11(13)2;;/h3-6,9H,7-8H2,1-2H3;1H;/q-1;;. The fourth-order valence-corrected chi connectivity index (χ4v) is 1.82. The van der Waals surface area contributed by atoms with Crippen LogP contribution in [0.2, 0.25) is 0 Å². The van der Waals surface area contributed by atoms with E-state index in [9.17, 15) is 0 Å². The van der Waals surface area contributed by atoms with E-state index in [1.807, 2.05) is 0 Å². The molecule has 2 aliphatic carbocycles. The van der Waals surface area contributed by atoms with Crippen molar-refractivity contribution in [1.29, 1.82) is 0 Å². The third-order valence-corrected chi connectivity index (χ3v) is 2.77. The van der Waals surface area contributed by atoms with Crippen LogP contribution in [0.3, 0.4) is 0 Å². The number of hydrogen-bond acceptors (Lipinski definition) is 0. The third-order valence-electron chi connectivity index (χ3n) is 2.77. The SMILES string of the molecule is CC1=C([CH-]C2=C(C)C=CC2)CC=C1.Cl.[Ti]. The van der Waals surface area contributed by atoms with E-state index in [0.717, 1.165) is 12.8 Å². The van der Waals surface area contributed by atoms with E-state index in [1.165, 1.54) is 22.3 Å². The van der Waals surface area contributed by atoms with Crippen molar-refractivity contribution >= 4 is 12.4 Å². The van der Waals surface area contributed by atoms with E-state index in [0.29, 0.717) is 0 Å². The predicted octanol–water partition coefficient (Wildman–Crippen LogP) is 4.16. The molecule has 0 fully saturated rings. The summed E-state index contributed by atoms with van der Waals surface area (Å²) in [5.74, 6) is 0. The summed E-state index contributed by atoms with van der Waals surface area (Å²) in [6, 6.07) is 0. The van der Waals surface area contributed by atoms with E-state index < -0.39 is 0 Å². The molecule has 0 aromatic heterocycles.